The van der Waals surface area contributed by atoms with Crippen molar-refractivity contribution in [1.29, 1.82) is 0 Å². The van der Waals surface area contributed by atoms with Gasteiger partial charge in [0.05, 0.1) is 12.5 Å². The van der Waals surface area contributed by atoms with Gasteiger partial charge in [-0.1, -0.05) is 43.3 Å². The molecule has 1 aliphatic heterocycles. The smallest absolute Gasteiger partial charge is 0.231 e. The van der Waals surface area contributed by atoms with Crippen molar-refractivity contribution in [1.82, 2.24) is 20.4 Å². The molecule has 0 aliphatic carbocycles. The number of likely N-dealkylation sites (N-methyl/N-ethyl adjacent to an activating group) is 1. The second kappa shape index (κ2) is 8.60. The van der Waals surface area contributed by atoms with Crippen LogP contribution in [0.15, 0.2) is 28.8 Å². The molecule has 6 heteroatoms. The Kier molecular flexibility index (Phi) is 6.78. The Labute approximate surface area is 150 Å². The number of aromatic nitrogens is 2. The number of hydrogen-bond donors (Lipinski definition) is 1. The summed E-state index contributed by atoms with van der Waals surface area (Å²) in [5.74, 6) is 2.15. The van der Waals surface area contributed by atoms with Crippen molar-refractivity contribution >= 4 is 12.4 Å². The predicted molar refractivity (Wildman–Crippen MR) is 97.6 cm³/mol. The number of benzene rings is 1. The zero-order valence-electron chi connectivity index (χ0n) is 14.7. The van der Waals surface area contributed by atoms with Crippen LogP contribution in [0.2, 0.25) is 0 Å². The van der Waals surface area contributed by atoms with Gasteiger partial charge in [-0.2, -0.15) is 4.98 Å². The van der Waals surface area contributed by atoms with Crippen LogP contribution in [0.5, 0.6) is 0 Å². The van der Waals surface area contributed by atoms with E-state index in [-0.39, 0.29) is 18.4 Å². The van der Waals surface area contributed by atoms with Crippen LogP contribution < -0.4 is 5.32 Å². The van der Waals surface area contributed by atoms with Crippen molar-refractivity contribution in [2.24, 2.45) is 5.92 Å². The molecule has 1 saturated heterocycles. The summed E-state index contributed by atoms with van der Waals surface area (Å²) in [5.41, 5.74) is 2.59. The number of nitrogens with zero attached hydrogens (tertiary/aromatic N) is 3. The SMILES string of the molecule is CC(C)Cc1ccc(Cc2nc(C3CNCCN3C)no2)cc1.Cl. The first-order valence-electron chi connectivity index (χ1n) is 8.43. The van der Waals surface area contributed by atoms with E-state index in [1.165, 1.54) is 11.1 Å². The lowest BCUT2D eigenvalue weighted by atomic mass is 10.0. The van der Waals surface area contributed by atoms with Gasteiger partial charge in [0.1, 0.15) is 0 Å². The lowest BCUT2D eigenvalue weighted by Gasteiger charge is -2.30. The first-order valence-corrected chi connectivity index (χ1v) is 8.43. The summed E-state index contributed by atoms with van der Waals surface area (Å²) in [6, 6.07) is 8.93. The van der Waals surface area contributed by atoms with Crippen molar-refractivity contribution in [3.8, 4) is 0 Å². The zero-order valence-corrected chi connectivity index (χ0v) is 15.5. The highest BCUT2D eigenvalue weighted by atomic mass is 35.5. The van der Waals surface area contributed by atoms with Crippen molar-refractivity contribution in [3.63, 3.8) is 0 Å². The highest BCUT2D eigenvalue weighted by molar-refractivity contribution is 5.85. The Hall–Kier alpha value is -1.43. The Morgan fingerprint density at radius 2 is 1.96 bits per heavy atom. The van der Waals surface area contributed by atoms with Crippen LogP contribution in [0.4, 0.5) is 0 Å². The van der Waals surface area contributed by atoms with Crippen LogP contribution >= 0.6 is 12.4 Å². The fraction of sp³-hybridized carbons (Fsp3) is 0.556. The van der Waals surface area contributed by atoms with Gasteiger partial charge in [0.15, 0.2) is 5.82 Å². The second-order valence-electron chi connectivity index (χ2n) is 6.84. The van der Waals surface area contributed by atoms with Gasteiger partial charge in [-0.3, -0.25) is 4.90 Å². The molecule has 0 bridgehead atoms. The minimum Gasteiger partial charge on any atom is -0.339 e. The van der Waals surface area contributed by atoms with E-state index in [4.69, 9.17) is 4.52 Å². The molecule has 2 heterocycles. The van der Waals surface area contributed by atoms with Gasteiger partial charge in [-0.25, -0.2) is 0 Å². The van der Waals surface area contributed by atoms with E-state index in [0.717, 1.165) is 31.9 Å². The number of halogens is 1. The largest absolute Gasteiger partial charge is 0.339 e. The Morgan fingerprint density at radius 1 is 1.25 bits per heavy atom. The second-order valence-corrected chi connectivity index (χ2v) is 6.84. The summed E-state index contributed by atoms with van der Waals surface area (Å²) >= 11 is 0. The van der Waals surface area contributed by atoms with Crippen LogP contribution in [0.25, 0.3) is 0 Å². The van der Waals surface area contributed by atoms with Crippen molar-refractivity contribution in [2.45, 2.75) is 32.7 Å². The van der Waals surface area contributed by atoms with Crippen molar-refractivity contribution in [2.75, 3.05) is 26.7 Å². The summed E-state index contributed by atoms with van der Waals surface area (Å²) in [5, 5.41) is 7.56. The van der Waals surface area contributed by atoms with E-state index in [1.54, 1.807) is 0 Å². The minimum absolute atomic E-state index is 0. The van der Waals surface area contributed by atoms with E-state index in [2.05, 4.69) is 65.5 Å². The Bertz CT molecular complexity index is 626. The third-order valence-electron chi connectivity index (χ3n) is 4.32. The maximum absolute atomic E-state index is 5.45. The van der Waals surface area contributed by atoms with Gasteiger partial charge in [-0.15, -0.1) is 12.4 Å². The molecule has 1 aromatic carbocycles. The Balaban J connectivity index is 0.00000208. The summed E-state index contributed by atoms with van der Waals surface area (Å²) in [6.07, 6.45) is 1.81. The topological polar surface area (TPSA) is 54.2 Å². The lowest BCUT2D eigenvalue weighted by Crippen LogP contribution is -2.44. The van der Waals surface area contributed by atoms with E-state index < -0.39 is 0 Å². The minimum atomic E-state index is 0. The van der Waals surface area contributed by atoms with Crippen molar-refractivity contribution in [3.05, 3.63) is 47.1 Å². The molecular weight excluding hydrogens is 324 g/mol. The molecule has 5 nitrogen and oxygen atoms in total. The molecule has 1 N–H and O–H groups in total. The molecule has 2 aromatic rings. The van der Waals surface area contributed by atoms with E-state index >= 15 is 0 Å². The predicted octanol–water partition coefficient (Wildman–Crippen LogP) is 2.86. The zero-order chi connectivity index (χ0) is 16.2. The number of nitrogens with one attached hydrogen (secondary N) is 1. The van der Waals surface area contributed by atoms with Gasteiger partial charge < -0.3 is 9.84 Å². The fourth-order valence-corrected chi connectivity index (χ4v) is 3.01. The standard InChI is InChI=1S/C18H26N4O.ClH/c1-13(2)10-14-4-6-15(7-5-14)11-17-20-18(21-23-17)16-12-19-8-9-22(16)3;/h4-7,13,16,19H,8-12H2,1-3H3;1H. The van der Waals surface area contributed by atoms with Crippen LogP contribution in [0, 0.1) is 5.92 Å². The molecule has 1 aromatic heterocycles. The fourth-order valence-electron chi connectivity index (χ4n) is 3.01. The lowest BCUT2D eigenvalue weighted by molar-refractivity contribution is 0.190. The summed E-state index contributed by atoms with van der Waals surface area (Å²) in [6.45, 7) is 7.38. The van der Waals surface area contributed by atoms with E-state index in [1.807, 2.05) is 0 Å². The first-order chi connectivity index (χ1) is 11.1. The number of hydrogen-bond acceptors (Lipinski definition) is 5. The molecule has 132 valence electrons. The normalized spacial score (nSPS) is 18.6. The molecule has 0 amide bonds. The van der Waals surface area contributed by atoms with Gasteiger partial charge in [0.2, 0.25) is 5.89 Å². The molecule has 1 atom stereocenters. The maximum Gasteiger partial charge on any atom is 0.231 e. The average Bonchev–Trinajstić information content (AvgIpc) is 2.97. The molecule has 1 fully saturated rings. The van der Waals surface area contributed by atoms with Crippen LogP contribution in [0.1, 0.15) is 42.7 Å². The Morgan fingerprint density at radius 3 is 2.62 bits per heavy atom. The molecule has 0 radical (unpaired) electrons. The molecule has 0 spiro atoms. The quantitative estimate of drug-likeness (QED) is 0.898. The first kappa shape index (κ1) is 18.9. The van der Waals surface area contributed by atoms with E-state index in [0.29, 0.717) is 18.2 Å². The maximum atomic E-state index is 5.45. The summed E-state index contributed by atoms with van der Waals surface area (Å²) < 4.78 is 5.45. The molecule has 0 saturated carbocycles. The van der Waals surface area contributed by atoms with Gasteiger partial charge >= 0.3 is 0 Å². The van der Waals surface area contributed by atoms with E-state index in [9.17, 15) is 0 Å². The third kappa shape index (κ3) is 4.79. The monoisotopic (exact) mass is 350 g/mol. The summed E-state index contributed by atoms with van der Waals surface area (Å²) in [4.78, 5) is 6.86. The average molecular weight is 351 g/mol. The molecule has 1 aliphatic rings. The van der Waals surface area contributed by atoms with Gasteiger partial charge in [0, 0.05) is 19.6 Å². The summed E-state index contributed by atoms with van der Waals surface area (Å²) in [7, 11) is 2.11. The highest BCUT2D eigenvalue weighted by Gasteiger charge is 2.25. The number of rotatable bonds is 5. The molecule has 1 unspecified atom stereocenters. The van der Waals surface area contributed by atoms with Gasteiger partial charge in [-0.05, 0) is 30.5 Å². The van der Waals surface area contributed by atoms with Crippen LogP contribution in [-0.4, -0.2) is 41.7 Å². The molecule has 24 heavy (non-hydrogen) atoms. The van der Waals surface area contributed by atoms with Crippen LogP contribution in [-0.2, 0) is 12.8 Å². The van der Waals surface area contributed by atoms with Crippen molar-refractivity contribution < 1.29 is 4.52 Å². The number of piperazine rings is 1. The van der Waals surface area contributed by atoms with Gasteiger partial charge in [0.25, 0.3) is 0 Å². The highest BCUT2D eigenvalue weighted by Crippen LogP contribution is 2.19. The third-order valence-corrected chi connectivity index (χ3v) is 4.32. The molecule has 3 rings (SSSR count). The molecular formula is C18H27ClN4O. The van der Waals surface area contributed by atoms with Crippen LogP contribution in [0.3, 0.4) is 0 Å².